The lowest BCUT2D eigenvalue weighted by Crippen LogP contribution is -2.37. The fourth-order valence-electron chi connectivity index (χ4n) is 4.20. The molecule has 0 radical (unpaired) electrons. The number of amides is 2. The van der Waals surface area contributed by atoms with Crippen molar-refractivity contribution in [3.05, 3.63) is 52.4 Å². The van der Waals surface area contributed by atoms with Crippen LogP contribution in [0.2, 0.25) is 0 Å². The lowest BCUT2D eigenvalue weighted by Gasteiger charge is -2.12. The van der Waals surface area contributed by atoms with Gasteiger partial charge in [-0.15, -0.1) is 0 Å². The topological polar surface area (TPSA) is 67.2 Å². The van der Waals surface area contributed by atoms with Crippen LogP contribution in [0.4, 0.5) is 4.79 Å². The summed E-state index contributed by atoms with van der Waals surface area (Å²) in [6, 6.07) is 8.63. The van der Waals surface area contributed by atoms with Gasteiger partial charge in [-0.3, -0.25) is 0 Å². The summed E-state index contributed by atoms with van der Waals surface area (Å²) in [5.74, 6) is 1.32. The molecule has 2 aliphatic rings. The van der Waals surface area contributed by atoms with Gasteiger partial charge in [-0.25, -0.2) is 4.79 Å². The van der Waals surface area contributed by atoms with E-state index in [9.17, 15) is 4.79 Å². The maximum atomic E-state index is 12.1. The van der Waals surface area contributed by atoms with E-state index in [1.165, 1.54) is 30.4 Å². The highest BCUT2D eigenvalue weighted by Crippen LogP contribution is 2.61. The lowest BCUT2D eigenvalue weighted by molar-refractivity contribution is 0.239. The molecule has 2 N–H and O–H groups in total. The van der Waals surface area contributed by atoms with Gasteiger partial charge in [0.15, 0.2) is 0 Å². The van der Waals surface area contributed by atoms with Crippen molar-refractivity contribution in [3.63, 3.8) is 0 Å². The first-order valence-corrected chi connectivity index (χ1v) is 8.62. The monoisotopic (exact) mass is 325 g/mol. The zero-order chi connectivity index (χ0) is 16.7. The number of urea groups is 1. The molecule has 0 bridgehead atoms. The smallest absolute Gasteiger partial charge is 0.315 e. The van der Waals surface area contributed by atoms with Gasteiger partial charge in [0.05, 0.1) is 5.69 Å². The first-order chi connectivity index (χ1) is 11.6. The van der Waals surface area contributed by atoms with E-state index in [0.29, 0.717) is 17.9 Å². The highest BCUT2D eigenvalue weighted by molar-refractivity contribution is 5.74. The minimum atomic E-state index is -0.122. The molecule has 1 saturated carbocycles. The minimum Gasteiger partial charge on any atom is -0.361 e. The molecule has 2 unspecified atom stereocenters. The van der Waals surface area contributed by atoms with Gasteiger partial charge in [-0.2, -0.15) is 0 Å². The molecular formula is C19H23N3O2. The van der Waals surface area contributed by atoms with Gasteiger partial charge in [-0.1, -0.05) is 29.4 Å². The first kappa shape index (κ1) is 15.2. The summed E-state index contributed by atoms with van der Waals surface area (Å²) in [5.41, 5.74) is 5.11. The van der Waals surface area contributed by atoms with E-state index in [1.54, 1.807) is 0 Å². The molecule has 126 valence electrons. The third-order valence-electron chi connectivity index (χ3n) is 5.74. The van der Waals surface area contributed by atoms with Gasteiger partial charge < -0.3 is 15.2 Å². The van der Waals surface area contributed by atoms with Crippen molar-refractivity contribution in [2.24, 2.45) is 5.92 Å². The highest BCUT2D eigenvalue weighted by Gasteiger charge is 2.57. The van der Waals surface area contributed by atoms with E-state index >= 15 is 0 Å². The van der Waals surface area contributed by atoms with E-state index in [4.69, 9.17) is 4.52 Å². The summed E-state index contributed by atoms with van der Waals surface area (Å²) in [7, 11) is 0. The van der Waals surface area contributed by atoms with Crippen molar-refractivity contribution in [2.45, 2.75) is 45.1 Å². The summed E-state index contributed by atoms with van der Waals surface area (Å²) in [6.07, 6.45) is 3.58. The zero-order valence-corrected chi connectivity index (χ0v) is 14.2. The normalized spacial score (nSPS) is 24.0. The molecule has 2 atom stereocenters. The number of carbonyl (C=O) groups is 1. The molecule has 4 rings (SSSR count). The Morgan fingerprint density at radius 2 is 2.17 bits per heavy atom. The molecule has 1 aromatic carbocycles. The predicted molar refractivity (Wildman–Crippen MR) is 90.8 cm³/mol. The second-order valence-electron chi connectivity index (χ2n) is 7.08. The largest absolute Gasteiger partial charge is 0.361 e. The van der Waals surface area contributed by atoms with Crippen molar-refractivity contribution in [3.8, 4) is 0 Å². The number of hydrogen-bond acceptors (Lipinski definition) is 3. The fourth-order valence-corrected chi connectivity index (χ4v) is 4.20. The molecule has 24 heavy (non-hydrogen) atoms. The molecule has 0 aliphatic heterocycles. The number of nitrogens with zero attached hydrogens (tertiary/aromatic N) is 1. The number of carbonyl (C=O) groups excluding carboxylic acids is 1. The summed E-state index contributed by atoms with van der Waals surface area (Å²) in [6.45, 7) is 4.94. The molecule has 1 aromatic heterocycles. The Kier molecular flexibility index (Phi) is 3.59. The van der Waals surface area contributed by atoms with Crippen LogP contribution < -0.4 is 10.6 Å². The van der Waals surface area contributed by atoms with E-state index < -0.39 is 0 Å². The first-order valence-electron chi connectivity index (χ1n) is 8.62. The SMILES string of the molecule is Cc1noc(C)c1CNC(=O)NCC1CC12CCc1ccccc12. The Balaban J connectivity index is 1.29. The quantitative estimate of drug-likeness (QED) is 0.908. The van der Waals surface area contributed by atoms with Crippen molar-refractivity contribution < 1.29 is 9.32 Å². The van der Waals surface area contributed by atoms with Crippen molar-refractivity contribution >= 4 is 6.03 Å². The van der Waals surface area contributed by atoms with Gasteiger partial charge >= 0.3 is 6.03 Å². The number of hydrogen-bond donors (Lipinski definition) is 2. The number of benzene rings is 1. The third-order valence-corrected chi connectivity index (χ3v) is 5.74. The number of aromatic nitrogens is 1. The molecule has 0 saturated heterocycles. The summed E-state index contributed by atoms with van der Waals surface area (Å²) in [5, 5.41) is 9.83. The van der Waals surface area contributed by atoms with Crippen LogP contribution in [0, 0.1) is 19.8 Å². The van der Waals surface area contributed by atoms with Gasteiger partial charge in [0, 0.05) is 24.1 Å². The Bertz CT molecular complexity index is 763. The summed E-state index contributed by atoms with van der Waals surface area (Å²) < 4.78 is 5.11. The number of aryl methyl sites for hydroxylation is 3. The van der Waals surface area contributed by atoms with Crippen molar-refractivity contribution in [1.29, 1.82) is 0 Å². The zero-order valence-electron chi connectivity index (χ0n) is 14.2. The Morgan fingerprint density at radius 1 is 1.33 bits per heavy atom. The van der Waals surface area contributed by atoms with Crippen LogP contribution in [-0.4, -0.2) is 17.7 Å². The second-order valence-corrected chi connectivity index (χ2v) is 7.08. The maximum absolute atomic E-state index is 12.1. The van der Waals surface area contributed by atoms with Crippen LogP contribution in [0.1, 0.15) is 41.0 Å². The van der Waals surface area contributed by atoms with E-state index in [0.717, 1.165) is 23.6 Å². The van der Waals surface area contributed by atoms with Crippen LogP contribution >= 0.6 is 0 Å². The van der Waals surface area contributed by atoms with Crippen LogP contribution in [0.25, 0.3) is 0 Å². The van der Waals surface area contributed by atoms with Crippen LogP contribution in [0.5, 0.6) is 0 Å². The molecule has 1 heterocycles. The third kappa shape index (κ3) is 2.48. The highest BCUT2D eigenvalue weighted by atomic mass is 16.5. The predicted octanol–water partition coefficient (Wildman–Crippen LogP) is 2.99. The standard InChI is InChI=1S/C19H23N3O2/c1-12-16(13(2)24-22-12)11-21-18(23)20-10-15-9-19(15)8-7-14-5-3-4-6-17(14)19/h3-6,15H,7-11H2,1-2H3,(H2,20,21,23). The Labute approximate surface area is 141 Å². The summed E-state index contributed by atoms with van der Waals surface area (Å²) >= 11 is 0. The second kappa shape index (κ2) is 5.65. The molecule has 2 aliphatic carbocycles. The molecule has 2 aromatic rings. The van der Waals surface area contributed by atoms with Gasteiger partial charge in [0.25, 0.3) is 0 Å². The average Bonchev–Trinajstić information content (AvgIpc) is 3.03. The Hall–Kier alpha value is -2.30. The lowest BCUT2D eigenvalue weighted by atomic mass is 9.95. The molecular weight excluding hydrogens is 302 g/mol. The van der Waals surface area contributed by atoms with Gasteiger partial charge in [0.2, 0.25) is 0 Å². The van der Waals surface area contributed by atoms with Crippen molar-refractivity contribution in [1.82, 2.24) is 15.8 Å². The minimum absolute atomic E-state index is 0.122. The fraction of sp³-hybridized carbons (Fsp3) is 0.474. The van der Waals surface area contributed by atoms with Crippen molar-refractivity contribution in [2.75, 3.05) is 6.54 Å². The molecule has 5 nitrogen and oxygen atoms in total. The Morgan fingerprint density at radius 3 is 2.96 bits per heavy atom. The van der Waals surface area contributed by atoms with Gasteiger partial charge in [0.1, 0.15) is 5.76 Å². The summed E-state index contributed by atoms with van der Waals surface area (Å²) in [4.78, 5) is 12.1. The average molecular weight is 325 g/mol. The van der Waals surface area contributed by atoms with Gasteiger partial charge in [-0.05, 0) is 50.2 Å². The number of fused-ring (bicyclic) bond motifs is 2. The number of rotatable bonds is 4. The van der Waals surface area contributed by atoms with Crippen LogP contribution in [-0.2, 0) is 18.4 Å². The van der Waals surface area contributed by atoms with Crippen LogP contribution in [0.3, 0.4) is 0 Å². The molecule has 1 spiro atoms. The van der Waals surface area contributed by atoms with E-state index in [2.05, 4.69) is 40.1 Å². The molecule has 1 fully saturated rings. The van der Waals surface area contributed by atoms with Crippen LogP contribution in [0.15, 0.2) is 28.8 Å². The van der Waals surface area contributed by atoms with E-state index in [-0.39, 0.29) is 6.03 Å². The molecule has 2 amide bonds. The number of nitrogens with one attached hydrogen (secondary N) is 2. The maximum Gasteiger partial charge on any atom is 0.315 e. The van der Waals surface area contributed by atoms with E-state index in [1.807, 2.05) is 13.8 Å². The molecule has 5 heteroatoms.